The molecule has 32 heavy (non-hydrogen) atoms. The monoisotopic (exact) mass is 449 g/mol. The quantitative estimate of drug-likeness (QED) is 0.464. The molecule has 4 N–H and O–H groups in total. The first-order valence-electron chi connectivity index (χ1n) is 11.6. The lowest BCUT2D eigenvalue weighted by Gasteiger charge is -2.39. The van der Waals surface area contributed by atoms with Crippen LogP contribution in [0.15, 0.2) is 23.2 Å². The van der Waals surface area contributed by atoms with Crippen LogP contribution in [0.25, 0.3) is 0 Å². The molecule has 178 valence electrons. The van der Waals surface area contributed by atoms with Crippen molar-refractivity contribution < 1.29 is 18.7 Å². The highest BCUT2D eigenvalue weighted by molar-refractivity contribution is 5.87. The third-order valence-corrected chi connectivity index (χ3v) is 6.21. The number of aliphatic imine (C=N–C) groups is 1. The second kappa shape index (κ2) is 12.0. The molecule has 1 saturated heterocycles. The van der Waals surface area contributed by atoms with Gasteiger partial charge >= 0.3 is 6.09 Å². The molecule has 0 atom stereocenters. The van der Waals surface area contributed by atoms with Gasteiger partial charge < -0.3 is 25.8 Å². The lowest BCUT2D eigenvalue weighted by molar-refractivity contribution is 0.0141. The Kier molecular flexibility index (Phi) is 9.11. The van der Waals surface area contributed by atoms with E-state index in [0.29, 0.717) is 17.4 Å². The fourth-order valence-corrected chi connectivity index (χ4v) is 4.50. The normalized spacial score (nSPS) is 21.9. The second-order valence-electron chi connectivity index (χ2n) is 8.64. The molecule has 0 bridgehead atoms. The Hall–Kier alpha value is -2.39. The third-order valence-electron chi connectivity index (χ3n) is 6.21. The van der Waals surface area contributed by atoms with Crippen LogP contribution in [0.5, 0.6) is 0 Å². The van der Waals surface area contributed by atoms with Crippen molar-refractivity contribution in [2.24, 2.45) is 22.4 Å². The fraction of sp³-hybridized carbons (Fsp3) is 0.652. The number of carbonyl (C=O) groups excluding carboxylic acids is 1. The summed E-state index contributed by atoms with van der Waals surface area (Å²) in [6, 6.07) is 5.13. The van der Waals surface area contributed by atoms with E-state index in [1.165, 1.54) is 12.8 Å². The van der Waals surface area contributed by atoms with E-state index in [1.807, 2.05) is 0 Å². The zero-order chi connectivity index (χ0) is 22.9. The van der Waals surface area contributed by atoms with Crippen LogP contribution in [-0.2, 0) is 16.1 Å². The molecule has 0 radical (unpaired) electrons. The molecule has 2 aliphatic rings. The van der Waals surface area contributed by atoms with Crippen LogP contribution in [0, 0.1) is 11.7 Å². The summed E-state index contributed by atoms with van der Waals surface area (Å²) in [5.74, 6) is -0.0354. The van der Waals surface area contributed by atoms with E-state index in [4.69, 9.17) is 20.9 Å². The number of nitrogens with two attached hydrogens (primary N) is 2. The van der Waals surface area contributed by atoms with Gasteiger partial charge in [-0.3, -0.25) is 4.90 Å². The summed E-state index contributed by atoms with van der Waals surface area (Å²) < 4.78 is 25.9. The fourth-order valence-electron chi connectivity index (χ4n) is 4.50. The van der Waals surface area contributed by atoms with Crippen LogP contribution in [0.1, 0.15) is 44.6 Å². The summed E-state index contributed by atoms with van der Waals surface area (Å²) in [6.45, 7) is 7.26. The van der Waals surface area contributed by atoms with Gasteiger partial charge in [0, 0.05) is 44.9 Å². The Morgan fingerprint density at radius 2 is 1.88 bits per heavy atom. The molecular weight excluding hydrogens is 413 g/mol. The van der Waals surface area contributed by atoms with Crippen LogP contribution in [0.3, 0.4) is 0 Å². The van der Waals surface area contributed by atoms with Crippen LogP contribution in [0.4, 0.5) is 14.9 Å². The van der Waals surface area contributed by atoms with Gasteiger partial charge in [0.1, 0.15) is 6.61 Å². The van der Waals surface area contributed by atoms with Crippen LogP contribution in [-0.4, -0.2) is 62.4 Å². The average molecular weight is 450 g/mol. The lowest BCUT2D eigenvalue weighted by Crippen LogP contribution is -2.48. The van der Waals surface area contributed by atoms with Crippen molar-refractivity contribution in [3.05, 3.63) is 29.6 Å². The Morgan fingerprint density at radius 1 is 1.16 bits per heavy atom. The van der Waals surface area contributed by atoms with Gasteiger partial charge in [-0.1, -0.05) is 19.1 Å². The van der Waals surface area contributed by atoms with Gasteiger partial charge in [-0.05, 0) is 44.1 Å². The van der Waals surface area contributed by atoms with E-state index in [9.17, 15) is 4.79 Å². The Bertz CT molecular complexity index is 771. The summed E-state index contributed by atoms with van der Waals surface area (Å²) in [6.07, 6.45) is 5.36. The summed E-state index contributed by atoms with van der Waals surface area (Å²) in [4.78, 5) is 19.3. The Labute approximate surface area is 189 Å². The van der Waals surface area contributed by atoms with Crippen LogP contribution >= 0.6 is 0 Å². The highest BCUT2D eigenvalue weighted by Gasteiger charge is 2.26. The molecule has 1 aliphatic carbocycles. The van der Waals surface area contributed by atoms with Crippen molar-refractivity contribution in [1.82, 2.24) is 4.90 Å². The molecule has 9 heteroatoms. The molecule has 3 rings (SSSR count). The number of piperazine rings is 1. The molecule has 1 amide bonds. The molecule has 1 aromatic rings. The average Bonchev–Trinajstić information content (AvgIpc) is 2.78. The number of anilines is 1. The van der Waals surface area contributed by atoms with Crippen molar-refractivity contribution in [2.75, 3.05) is 44.2 Å². The van der Waals surface area contributed by atoms with E-state index >= 15 is 4.39 Å². The van der Waals surface area contributed by atoms with Gasteiger partial charge in [0.25, 0.3) is 0 Å². The summed E-state index contributed by atoms with van der Waals surface area (Å²) in [5.41, 5.74) is 11.1. The zero-order valence-electron chi connectivity index (χ0n) is 19.0. The van der Waals surface area contributed by atoms with E-state index in [-0.39, 0.29) is 18.4 Å². The van der Waals surface area contributed by atoms with E-state index < -0.39 is 6.09 Å². The van der Waals surface area contributed by atoms with Gasteiger partial charge in [0.15, 0.2) is 11.8 Å². The standard InChI is InChI=1S/C23H36FN5O3/c1-2-14-31-19-8-6-17(7-9-19)15-28-10-12-29(13-11-28)20-5-3-4-18(21(20)24)16-32-23(30)27-22(25)26/h3-5,17,19H,2,6-16H2,1H3,(H4,25,26,27,30). The molecule has 1 saturated carbocycles. The first-order chi connectivity index (χ1) is 15.5. The van der Waals surface area contributed by atoms with Crippen molar-refractivity contribution in [3.8, 4) is 0 Å². The number of rotatable bonds is 8. The SMILES string of the molecule is CCCOC1CCC(CN2CCN(c3cccc(COC(=O)N=C(N)N)c3F)CC2)CC1. The predicted octanol–water partition coefficient (Wildman–Crippen LogP) is 2.84. The number of ether oxygens (including phenoxy) is 2. The molecule has 1 aromatic carbocycles. The molecule has 8 nitrogen and oxygen atoms in total. The Balaban J connectivity index is 1.46. The number of benzene rings is 1. The number of carbonyl (C=O) groups is 1. The summed E-state index contributed by atoms with van der Waals surface area (Å²) in [5, 5.41) is 0. The number of hydrogen-bond donors (Lipinski definition) is 2. The third kappa shape index (κ3) is 7.06. The summed E-state index contributed by atoms with van der Waals surface area (Å²) >= 11 is 0. The number of hydrogen-bond acceptors (Lipinski definition) is 5. The van der Waals surface area contributed by atoms with Crippen LogP contribution in [0.2, 0.25) is 0 Å². The highest BCUT2D eigenvalue weighted by Crippen LogP contribution is 2.28. The van der Waals surface area contributed by atoms with Crippen molar-refractivity contribution in [2.45, 2.75) is 51.7 Å². The number of halogens is 1. The number of nitrogens with zero attached hydrogens (tertiary/aromatic N) is 3. The maximum atomic E-state index is 15.0. The molecule has 1 heterocycles. The molecule has 0 spiro atoms. The Morgan fingerprint density at radius 3 is 2.53 bits per heavy atom. The van der Waals surface area contributed by atoms with Crippen molar-refractivity contribution in [3.63, 3.8) is 0 Å². The predicted molar refractivity (Wildman–Crippen MR) is 123 cm³/mol. The second-order valence-corrected chi connectivity index (χ2v) is 8.64. The van der Waals surface area contributed by atoms with Crippen molar-refractivity contribution >= 4 is 17.7 Å². The van der Waals surface area contributed by atoms with Gasteiger partial charge in [-0.25, -0.2) is 9.18 Å². The first-order valence-corrected chi connectivity index (χ1v) is 11.6. The lowest BCUT2D eigenvalue weighted by atomic mass is 9.87. The minimum absolute atomic E-state index is 0.222. The van der Waals surface area contributed by atoms with Gasteiger partial charge in [-0.15, -0.1) is 4.99 Å². The molecule has 1 aliphatic heterocycles. The van der Waals surface area contributed by atoms with Gasteiger partial charge in [-0.2, -0.15) is 0 Å². The van der Waals surface area contributed by atoms with Gasteiger partial charge in [0.05, 0.1) is 11.8 Å². The smallest absolute Gasteiger partial charge is 0.437 e. The molecule has 2 fully saturated rings. The van der Waals surface area contributed by atoms with E-state index in [0.717, 1.165) is 64.5 Å². The van der Waals surface area contributed by atoms with Crippen LogP contribution < -0.4 is 16.4 Å². The number of guanidine groups is 1. The molecular formula is C23H36FN5O3. The van der Waals surface area contributed by atoms with E-state index in [2.05, 4.69) is 21.7 Å². The maximum Gasteiger partial charge on any atom is 0.437 e. The van der Waals surface area contributed by atoms with E-state index in [1.54, 1.807) is 18.2 Å². The summed E-state index contributed by atoms with van der Waals surface area (Å²) in [7, 11) is 0. The van der Waals surface area contributed by atoms with Crippen molar-refractivity contribution in [1.29, 1.82) is 0 Å². The zero-order valence-corrected chi connectivity index (χ0v) is 19.0. The maximum absolute atomic E-state index is 15.0. The topological polar surface area (TPSA) is 106 Å². The molecule has 0 unspecified atom stereocenters. The first kappa shape index (κ1) is 24.3. The largest absolute Gasteiger partial charge is 0.443 e. The van der Waals surface area contributed by atoms with Gasteiger partial charge in [0.2, 0.25) is 0 Å². The minimum atomic E-state index is -0.936. The number of amides is 1. The highest BCUT2D eigenvalue weighted by atomic mass is 19.1. The molecule has 0 aromatic heterocycles. The minimum Gasteiger partial charge on any atom is -0.443 e.